The van der Waals surface area contributed by atoms with E-state index in [1.807, 2.05) is 16.8 Å². The van der Waals surface area contributed by atoms with Gasteiger partial charge in [0.05, 0.1) is 5.75 Å². The molecule has 11 heteroatoms. The first kappa shape index (κ1) is 18.0. The maximum Gasteiger partial charge on any atom is 0.330 e. The molecule has 0 saturated heterocycles. The zero-order chi connectivity index (χ0) is 20.2. The molecule has 4 aromatic rings. The Morgan fingerprint density at radius 1 is 1.20 bits per heavy atom. The number of hydrogen-bond acceptors (Lipinski definition) is 9. The quantitative estimate of drug-likeness (QED) is 0.359. The number of fused-ring (bicyclic) bond motifs is 1. The zero-order valence-corrected chi connectivity index (χ0v) is 17.3. The molecule has 0 atom stereocenters. The number of aromatic amines is 1. The molecule has 0 aliphatic heterocycles. The number of rotatable bonds is 6. The molecule has 0 spiro atoms. The fraction of sp³-hybridized carbons (Fsp3) is 0.368. The molecule has 2 aliphatic rings. The second kappa shape index (κ2) is 6.88. The van der Waals surface area contributed by atoms with Crippen LogP contribution in [0, 0.1) is 0 Å². The van der Waals surface area contributed by atoms with Gasteiger partial charge in [0.2, 0.25) is 11.7 Å². The van der Waals surface area contributed by atoms with Crippen molar-refractivity contribution in [2.24, 2.45) is 0 Å². The van der Waals surface area contributed by atoms with Crippen molar-refractivity contribution in [2.75, 3.05) is 0 Å². The van der Waals surface area contributed by atoms with Gasteiger partial charge < -0.3 is 4.52 Å². The van der Waals surface area contributed by atoms with Gasteiger partial charge in [0, 0.05) is 22.9 Å². The van der Waals surface area contributed by atoms with Crippen molar-refractivity contribution in [1.29, 1.82) is 0 Å². The van der Waals surface area contributed by atoms with Crippen LogP contribution in [0.3, 0.4) is 0 Å². The van der Waals surface area contributed by atoms with Crippen LogP contribution >= 0.6 is 23.1 Å². The van der Waals surface area contributed by atoms with Gasteiger partial charge in [-0.25, -0.2) is 14.8 Å². The summed E-state index contributed by atoms with van der Waals surface area (Å²) in [6.07, 6.45) is 3.89. The van der Waals surface area contributed by atoms with Gasteiger partial charge in [-0.3, -0.25) is 14.3 Å². The number of nitrogens with one attached hydrogen (secondary N) is 1. The highest BCUT2D eigenvalue weighted by atomic mass is 32.2. The number of hydrogen-bond donors (Lipinski definition) is 1. The summed E-state index contributed by atoms with van der Waals surface area (Å²) in [6, 6.07) is 2.03. The molecule has 4 aromatic heterocycles. The molecule has 2 saturated carbocycles. The normalized spacial score (nSPS) is 16.4. The fourth-order valence-electron chi connectivity index (χ4n) is 3.39. The van der Waals surface area contributed by atoms with E-state index < -0.39 is 11.2 Å². The number of thiophene rings is 1. The Labute approximate surface area is 177 Å². The van der Waals surface area contributed by atoms with Crippen molar-refractivity contribution in [3.63, 3.8) is 0 Å². The summed E-state index contributed by atoms with van der Waals surface area (Å²) in [5.74, 6) is 2.36. The van der Waals surface area contributed by atoms with E-state index in [4.69, 9.17) is 4.52 Å². The van der Waals surface area contributed by atoms with Crippen LogP contribution in [0.25, 0.3) is 22.4 Å². The highest BCUT2D eigenvalue weighted by Gasteiger charge is 2.32. The molecule has 1 N–H and O–H groups in total. The summed E-state index contributed by atoms with van der Waals surface area (Å²) in [7, 11) is 0. The summed E-state index contributed by atoms with van der Waals surface area (Å²) in [6.45, 7) is 0. The molecule has 0 unspecified atom stereocenters. The lowest BCUT2D eigenvalue weighted by atomic mass is 10.3. The Kier molecular flexibility index (Phi) is 4.13. The van der Waals surface area contributed by atoms with Gasteiger partial charge in [0.15, 0.2) is 5.65 Å². The van der Waals surface area contributed by atoms with Gasteiger partial charge in [-0.2, -0.15) is 16.3 Å². The molecule has 0 bridgehead atoms. The Hall–Kier alpha value is -2.79. The fourth-order valence-corrected chi connectivity index (χ4v) is 4.88. The standard InChI is InChI=1S/C19H16N6O3S2/c26-17-13-16(25(11-3-4-11)19(27)23-17)21-14(9-1-2-9)22-18(13)30-8-12-20-15(24-28-12)10-5-6-29-7-10/h5-7,9,11H,1-4,8H2,(H,23,26,27). The third-order valence-corrected chi connectivity index (χ3v) is 6.85. The van der Waals surface area contributed by atoms with Gasteiger partial charge in [-0.05, 0) is 37.1 Å². The first-order chi connectivity index (χ1) is 14.7. The van der Waals surface area contributed by atoms with Crippen LogP contribution in [0.15, 0.2) is 36.0 Å². The van der Waals surface area contributed by atoms with Gasteiger partial charge in [0.1, 0.15) is 16.2 Å². The molecule has 9 nitrogen and oxygen atoms in total. The largest absolute Gasteiger partial charge is 0.338 e. The smallest absolute Gasteiger partial charge is 0.330 e. The van der Waals surface area contributed by atoms with Crippen LogP contribution in [-0.2, 0) is 5.75 Å². The van der Waals surface area contributed by atoms with E-state index in [1.165, 1.54) is 11.8 Å². The highest BCUT2D eigenvalue weighted by molar-refractivity contribution is 7.98. The van der Waals surface area contributed by atoms with E-state index in [9.17, 15) is 9.59 Å². The third-order valence-electron chi connectivity index (χ3n) is 5.20. The summed E-state index contributed by atoms with van der Waals surface area (Å²) >= 11 is 2.92. The minimum atomic E-state index is -0.457. The molecular formula is C19H16N6O3S2. The second-order valence-corrected chi connectivity index (χ2v) is 9.28. The molecule has 2 aliphatic carbocycles. The van der Waals surface area contributed by atoms with E-state index in [0.29, 0.717) is 45.3 Å². The van der Waals surface area contributed by atoms with Gasteiger partial charge in [-0.1, -0.05) is 16.9 Å². The highest BCUT2D eigenvalue weighted by Crippen LogP contribution is 2.41. The topological polar surface area (TPSA) is 120 Å². The number of H-pyrrole nitrogens is 1. The first-order valence-electron chi connectivity index (χ1n) is 9.72. The molecule has 30 heavy (non-hydrogen) atoms. The number of aromatic nitrogens is 6. The van der Waals surface area contributed by atoms with Crippen molar-refractivity contribution >= 4 is 34.1 Å². The van der Waals surface area contributed by atoms with Crippen LogP contribution in [0.5, 0.6) is 0 Å². The van der Waals surface area contributed by atoms with E-state index in [2.05, 4.69) is 25.1 Å². The Bertz CT molecular complexity index is 1370. The number of thioether (sulfide) groups is 1. The van der Waals surface area contributed by atoms with E-state index in [-0.39, 0.29) is 6.04 Å². The second-order valence-electron chi connectivity index (χ2n) is 7.53. The third kappa shape index (κ3) is 3.18. The van der Waals surface area contributed by atoms with Gasteiger partial charge in [0.25, 0.3) is 5.56 Å². The molecule has 0 aromatic carbocycles. The molecule has 152 valence electrons. The van der Waals surface area contributed by atoms with Gasteiger partial charge >= 0.3 is 5.69 Å². The van der Waals surface area contributed by atoms with E-state index in [0.717, 1.165) is 31.2 Å². The Morgan fingerprint density at radius 3 is 2.80 bits per heavy atom. The lowest BCUT2D eigenvalue weighted by Crippen LogP contribution is -2.31. The molecule has 4 heterocycles. The average molecular weight is 441 g/mol. The lowest BCUT2D eigenvalue weighted by molar-refractivity contribution is 0.391. The molecular weight excluding hydrogens is 424 g/mol. The summed E-state index contributed by atoms with van der Waals surface area (Å²) in [4.78, 5) is 41.3. The lowest BCUT2D eigenvalue weighted by Gasteiger charge is -2.11. The molecule has 6 rings (SSSR count). The average Bonchev–Trinajstić information content (AvgIpc) is 3.64. The van der Waals surface area contributed by atoms with Crippen molar-refractivity contribution in [3.05, 3.63) is 49.4 Å². The van der Waals surface area contributed by atoms with Gasteiger partial charge in [-0.15, -0.1) is 0 Å². The maximum absolute atomic E-state index is 12.7. The predicted octanol–water partition coefficient (Wildman–Crippen LogP) is 3.10. The molecule has 2 fully saturated rings. The van der Waals surface area contributed by atoms with Crippen LogP contribution in [0.1, 0.15) is 49.4 Å². The van der Waals surface area contributed by atoms with Crippen molar-refractivity contribution < 1.29 is 4.52 Å². The SMILES string of the molecule is O=c1[nH]c(=O)n(C2CC2)c2nc(C3CC3)nc(SCc3nc(-c4ccsc4)no3)c12. The summed E-state index contributed by atoms with van der Waals surface area (Å²) < 4.78 is 6.99. The van der Waals surface area contributed by atoms with Crippen molar-refractivity contribution in [2.45, 2.75) is 48.4 Å². The van der Waals surface area contributed by atoms with Crippen LogP contribution in [0.2, 0.25) is 0 Å². The summed E-state index contributed by atoms with van der Waals surface area (Å²) in [5, 5.41) is 8.84. The van der Waals surface area contributed by atoms with E-state index >= 15 is 0 Å². The maximum atomic E-state index is 12.7. The minimum absolute atomic E-state index is 0.0979. The van der Waals surface area contributed by atoms with Crippen LogP contribution in [0.4, 0.5) is 0 Å². The Morgan fingerprint density at radius 2 is 2.07 bits per heavy atom. The van der Waals surface area contributed by atoms with Crippen molar-refractivity contribution in [1.82, 2.24) is 29.7 Å². The minimum Gasteiger partial charge on any atom is -0.338 e. The van der Waals surface area contributed by atoms with E-state index in [1.54, 1.807) is 15.9 Å². The van der Waals surface area contributed by atoms with Crippen molar-refractivity contribution in [3.8, 4) is 11.4 Å². The monoisotopic (exact) mass is 440 g/mol. The molecule has 0 amide bonds. The first-order valence-corrected chi connectivity index (χ1v) is 11.6. The Balaban J connectivity index is 1.40. The molecule has 0 radical (unpaired) electrons. The predicted molar refractivity (Wildman–Crippen MR) is 112 cm³/mol. The van der Waals surface area contributed by atoms with Crippen LogP contribution in [-0.4, -0.2) is 29.7 Å². The van der Waals surface area contributed by atoms with Crippen LogP contribution < -0.4 is 11.2 Å². The zero-order valence-electron chi connectivity index (χ0n) is 15.7. The summed E-state index contributed by atoms with van der Waals surface area (Å²) in [5.41, 5.74) is 0.494. The number of nitrogens with zero attached hydrogens (tertiary/aromatic N) is 5.